The van der Waals surface area contributed by atoms with Crippen LogP contribution in [0.1, 0.15) is 16.2 Å². The average molecular weight is 330 g/mol. The Morgan fingerprint density at radius 1 is 1.35 bits per heavy atom. The van der Waals surface area contributed by atoms with Gasteiger partial charge in [0.1, 0.15) is 5.03 Å². The molecule has 0 aromatic carbocycles. The number of thioether (sulfide) groups is 1. The fourth-order valence-electron chi connectivity index (χ4n) is 2.02. The molecule has 0 bridgehead atoms. The van der Waals surface area contributed by atoms with Gasteiger partial charge in [-0.2, -0.15) is 4.52 Å². The minimum atomic E-state index is -0.220. The topological polar surface area (TPSA) is 94.3 Å². The first-order valence-corrected chi connectivity index (χ1v) is 7.98. The number of rotatable bonds is 5. The lowest BCUT2D eigenvalue weighted by Gasteiger charge is -2.07. The van der Waals surface area contributed by atoms with E-state index in [1.54, 1.807) is 30.5 Å². The molecular weight excluding hydrogens is 316 g/mol. The summed E-state index contributed by atoms with van der Waals surface area (Å²) in [6.45, 7) is 0.197. The van der Waals surface area contributed by atoms with Gasteiger partial charge in [0, 0.05) is 12.3 Å². The predicted octanol–water partition coefficient (Wildman–Crippen LogP) is 1.18. The van der Waals surface area contributed by atoms with E-state index in [2.05, 4.69) is 25.6 Å². The lowest BCUT2D eigenvalue weighted by atomic mass is 10.2. The van der Waals surface area contributed by atoms with Crippen LogP contribution >= 0.6 is 11.8 Å². The number of carbonyl (C=O) groups is 1. The predicted molar refractivity (Wildman–Crippen MR) is 84.5 cm³/mol. The van der Waals surface area contributed by atoms with Gasteiger partial charge >= 0.3 is 0 Å². The Kier molecular flexibility index (Phi) is 4.38. The van der Waals surface area contributed by atoms with Crippen molar-refractivity contribution in [3.63, 3.8) is 0 Å². The Hall–Kier alpha value is -2.68. The third-order valence-electron chi connectivity index (χ3n) is 3.13. The number of aromatic nitrogens is 5. The van der Waals surface area contributed by atoms with Crippen molar-refractivity contribution in [2.45, 2.75) is 11.6 Å². The first kappa shape index (κ1) is 15.2. The fraction of sp³-hybridized carbons (Fsp3) is 0.214. The highest BCUT2D eigenvalue weighted by molar-refractivity contribution is 7.98. The fourth-order valence-corrected chi connectivity index (χ4v) is 2.56. The maximum atomic E-state index is 12.3. The number of hydrogen-bond acceptors (Lipinski definition) is 7. The summed E-state index contributed by atoms with van der Waals surface area (Å²) in [5.41, 5.74) is 1.11. The number of fused-ring (bicyclic) bond motifs is 1. The zero-order valence-electron chi connectivity index (χ0n) is 12.6. The van der Waals surface area contributed by atoms with Gasteiger partial charge in [-0.3, -0.25) is 4.79 Å². The van der Waals surface area contributed by atoms with Crippen LogP contribution in [-0.2, 0) is 6.54 Å². The second-order valence-corrected chi connectivity index (χ2v) is 5.30. The molecule has 1 amide bonds. The molecule has 0 radical (unpaired) electrons. The average Bonchev–Trinajstić information content (AvgIpc) is 3.01. The summed E-state index contributed by atoms with van der Waals surface area (Å²) in [5, 5.41) is 15.8. The monoisotopic (exact) mass is 330 g/mol. The molecule has 3 aromatic rings. The summed E-state index contributed by atoms with van der Waals surface area (Å²) in [6, 6.07) is 6.91. The van der Waals surface area contributed by atoms with Crippen LogP contribution in [0.25, 0.3) is 5.65 Å². The highest BCUT2D eigenvalue weighted by Crippen LogP contribution is 2.16. The number of methoxy groups -OCH3 is 1. The number of pyridine rings is 1. The van der Waals surface area contributed by atoms with Gasteiger partial charge in [0.25, 0.3) is 5.91 Å². The van der Waals surface area contributed by atoms with E-state index in [4.69, 9.17) is 4.74 Å². The van der Waals surface area contributed by atoms with E-state index < -0.39 is 0 Å². The van der Waals surface area contributed by atoms with Crippen molar-refractivity contribution < 1.29 is 9.53 Å². The molecule has 0 aliphatic rings. The molecule has 0 unspecified atom stereocenters. The number of hydrogen-bond donors (Lipinski definition) is 1. The molecule has 23 heavy (non-hydrogen) atoms. The van der Waals surface area contributed by atoms with Crippen LogP contribution in [0.15, 0.2) is 35.5 Å². The summed E-state index contributed by atoms with van der Waals surface area (Å²) in [7, 11) is 1.53. The molecule has 0 saturated heterocycles. The Morgan fingerprint density at radius 3 is 3.00 bits per heavy atom. The first-order chi connectivity index (χ1) is 11.2. The minimum absolute atomic E-state index is 0.197. The third-order valence-corrected chi connectivity index (χ3v) is 3.84. The number of nitrogens with zero attached hydrogens (tertiary/aromatic N) is 5. The summed E-state index contributed by atoms with van der Waals surface area (Å²) in [4.78, 5) is 16.5. The van der Waals surface area contributed by atoms with E-state index in [1.807, 2.05) is 6.26 Å². The van der Waals surface area contributed by atoms with Crippen LogP contribution in [0.5, 0.6) is 5.88 Å². The van der Waals surface area contributed by atoms with Gasteiger partial charge in [0.2, 0.25) is 5.88 Å². The Labute approximate surface area is 136 Å². The van der Waals surface area contributed by atoms with E-state index in [0.29, 0.717) is 27.9 Å². The minimum Gasteiger partial charge on any atom is -0.480 e. The van der Waals surface area contributed by atoms with E-state index in [0.717, 1.165) is 0 Å². The van der Waals surface area contributed by atoms with Gasteiger partial charge in [-0.15, -0.1) is 27.1 Å². The number of carbonyl (C=O) groups excluding carboxylic acids is 1. The largest absolute Gasteiger partial charge is 0.480 e. The zero-order chi connectivity index (χ0) is 16.2. The molecule has 3 aromatic heterocycles. The Morgan fingerprint density at radius 2 is 2.22 bits per heavy atom. The molecule has 118 valence electrons. The van der Waals surface area contributed by atoms with Crippen LogP contribution < -0.4 is 10.1 Å². The van der Waals surface area contributed by atoms with Gasteiger partial charge in [0.15, 0.2) is 11.5 Å². The summed E-state index contributed by atoms with van der Waals surface area (Å²) in [5.74, 6) is 0.741. The van der Waals surface area contributed by atoms with Crippen LogP contribution in [0, 0.1) is 0 Å². The van der Waals surface area contributed by atoms with Crippen LogP contribution in [0.4, 0.5) is 0 Å². The van der Waals surface area contributed by atoms with Crippen molar-refractivity contribution in [2.24, 2.45) is 0 Å². The second-order valence-electron chi connectivity index (χ2n) is 4.50. The molecule has 8 nitrogen and oxygen atoms in total. The molecule has 0 aliphatic heterocycles. The molecule has 0 atom stereocenters. The van der Waals surface area contributed by atoms with E-state index in [9.17, 15) is 4.79 Å². The number of ether oxygens (including phenoxy) is 1. The van der Waals surface area contributed by atoms with Crippen LogP contribution in [-0.4, -0.2) is 44.1 Å². The van der Waals surface area contributed by atoms with Gasteiger partial charge < -0.3 is 10.1 Å². The van der Waals surface area contributed by atoms with Gasteiger partial charge in [-0.1, -0.05) is 0 Å². The molecule has 9 heteroatoms. The van der Waals surface area contributed by atoms with Crippen molar-refractivity contribution in [2.75, 3.05) is 13.4 Å². The maximum Gasteiger partial charge on any atom is 0.254 e. The van der Waals surface area contributed by atoms with E-state index in [-0.39, 0.29) is 12.5 Å². The maximum absolute atomic E-state index is 12.3. The first-order valence-electron chi connectivity index (χ1n) is 6.75. The van der Waals surface area contributed by atoms with Crippen molar-refractivity contribution in [1.29, 1.82) is 0 Å². The summed E-state index contributed by atoms with van der Waals surface area (Å²) >= 11 is 1.42. The zero-order valence-corrected chi connectivity index (χ0v) is 13.4. The second kappa shape index (κ2) is 6.61. The summed E-state index contributed by atoms with van der Waals surface area (Å²) < 4.78 is 6.63. The SMILES string of the molecule is COc1ccc2nnc(CNC(=O)c3cccnc3SC)n2n1. The van der Waals surface area contributed by atoms with Crippen molar-refractivity contribution in [3.8, 4) is 5.88 Å². The molecule has 3 heterocycles. The number of amides is 1. The smallest absolute Gasteiger partial charge is 0.254 e. The van der Waals surface area contributed by atoms with Crippen molar-refractivity contribution >= 4 is 23.3 Å². The molecule has 0 aliphatic carbocycles. The third kappa shape index (κ3) is 3.09. The lowest BCUT2D eigenvalue weighted by Crippen LogP contribution is -2.25. The standard InChI is InChI=1S/C14H14N6O2S/c1-22-12-6-5-10-17-18-11(20(10)19-12)8-16-13(21)9-4-3-7-15-14(9)23-2/h3-7H,8H2,1-2H3,(H,16,21). The molecule has 1 N–H and O–H groups in total. The van der Waals surface area contributed by atoms with Gasteiger partial charge in [-0.05, 0) is 24.5 Å². The Balaban J connectivity index is 1.79. The molecule has 0 saturated carbocycles. The van der Waals surface area contributed by atoms with Crippen LogP contribution in [0.2, 0.25) is 0 Å². The van der Waals surface area contributed by atoms with E-state index >= 15 is 0 Å². The highest BCUT2D eigenvalue weighted by Gasteiger charge is 2.13. The quantitative estimate of drug-likeness (QED) is 0.702. The van der Waals surface area contributed by atoms with Crippen LogP contribution in [0.3, 0.4) is 0 Å². The highest BCUT2D eigenvalue weighted by atomic mass is 32.2. The molecule has 0 fully saturated rings. The lowest BCUT2D eigenvalue weighted by molar-refractivity contribution is 0.0946. The normalized spacial score (nSPS) is 10.7. The number of nitrogens with one attached hydrogen (secondary N) is 1. The molecule has 0 spiro atoms. The van der Waals surface area contributed by atoms with Crippen molar-refractivity contribution in [1.82, 2.24) is 30.1 Å². The van der Waals surface area contributed by atoms with Gasteiger partial charge in [0.05, 0.1) is 19.2 Å². The van der Waals surface area contributed by atoms with Gasteiger partial charge in [-0.25, -0.2) is 4.98 Å². The molecular formula is C14H14N6O2S. The van der Waals surface area contributed by atoms with Crippen molar-refractivity contribution in [3.05, 3.63) is 41.9 Å². The summed E-state index contributed by atoms with van der Waals surface area (Å²) in [6.07, 6.45) is 3.53. The van der Waals surface area contributed by atoms with E-state index in [1.165, 1.54) is 23.4 Å². The Bertz CT molecular complexity index is 850. The molecule has 3 rings (SSSR count).